The van der Waals surface area contributed by atoms with Gasteiger partial charge in [0.05, 0.1) is 0 Å². The van der Waals surface area contributed by atoms with E-state index in [1.807, 2.05) is 18.5 Å². The van der Waals surface area contributed by atoms with E-state index in [1.54, 1.807) is 6.07 Å². The summed E-state index contributed by atoms with van der Waals surface area (Å²) >= 11 is 0. The van der Waals surface area contributed by atoms with Gasteiger partial charge in [0.15, 0.2) is 23.4 Å². The van der Waals surface area contributed by atoms with Crippen molar-refractivity contribution in [3.05, 3.63) is 47.0 Å². The molecule has 1 saturated heterocycles. The van der Waals surface area contributed by atoms with Crippen molar-refractivity contribution in [3.8, 4) is 0 Å². The topological polar surface area (TPSA) is 70.4 Å². The number of likely N-dealkylation sites (tertiary alicyclic amines) is 1. The molecule has 33 heavy (non-hydrogen) atoms. The monoisotopic (exact) mass is 573 g/mol. The number of nitrogens with zero attached hydrogens (tertiary/aromatic N) is 5. The van der Waals surface area contributed by atoms with Gasteiger partial charge in [0.25, 0.3) is 0 Å². The molecule has 4 rings (SSSR count). The van der Waals surface area contributed by atoms with Crippen molar-refractivity contribution >= 4 is 29.9 Å². The number of halogens is 3. The molecule has 2 fully saturated rings. The van der Waals surface area contributed by atoms with Crippen molar-refractivity contribution in [1.82, 2.24) is 30.3 Å². The van der Waals surface area contributed by atoms with Gasteiger partial charge in [0, 0.05) is 38.8 Å². The molecule has 2 aromatic rings. The van der Waals surface area contributed by atoms with Crippen LogP contribution >= 0.6 is 24.0 Å². The molecule has 1 aromatic carbocycles. The first kappa shape index (κ1) is 25.8. The summed E-state index contributed by atoms with van der Waals surface area (Å²) in [5.74, 6) is 0.987. The van der Waals surface area contributed by atoms with Crippen LogP contribution in [-0.2, 0) is 20.1 Å². The zero-order chi connectivity index (χ0) is 22.5. The van der Waals surface area contributed by atoms with Crippen LogP contribution in [0.5, 0.6) is 0 Å². The highest BCUT2D eigenvalue weighted by atomic mass is 127. The molecule has 2 N–H and O–H groups in total. The summed E-state index contributed by atoms with van der Waals surface area (Å²) in [5, 5.41) is 15.6. The van der Waals surface area contributed by atoms with Crippen molar-refractivity contribution in [1.29, 1.82) is 0 Å². The van der Waals surface area contributed by atoms with Crippen LogP contribution in [0.4, 0.5) is 8.78 Å². The van der Waals surface area contributed by atoms with E-state index in [1.165, 1.54) is 37.8 Å². The highest BCUT2D eigenvalue weighted by molar-refractivity contribution is 14.0. The molecule has 182 valence electrons. The second-order valence-electron chi connectivity index (χ2n) is 8.96. The Morgan fingerprint density at radius 2 is 1.70 bits per heavy atom. The van der Waals surface area contributed by atoms with Crippen molar-refractivity contribution in [3.63, 3.8) is 0 Å². The normalized spacial score (nSPS) is 18.4. The van der Waals surface area contributed by atoms with E-state index in [9.17, 15) is 8.78 Å². The Bertz CT molecular complexity index is 935. The van der Waals surface area contributed by atoms with Crippen LogP contribution < -0.4 is 10.6 Å². The van der Waals surface area contributed by atoms with Gasteiger partial charge in [-0.05, 0) is 50.3 Å². The van der Waals surface area contributed by atoms with Gasteiger partial charge >= 0.3 is 0 Å². The van der Waals surface area contributed by atoms with Crippen LogP contribution in [0, 0.1) is 18.6 Å². The predicted molar refractivity (Wildman–Crippen MR) is 135 cm³/mol. The van der Waals surface area contributed by atoms with Gasteiger partial charge in [-0.2, -0.15) is 0 Å². The second-order valence-corrected chi connectivity index (χ2v) is 8.96. The van der Waals surface area contributed by atoms with Crippen LogP contribution in [-0.4, -0.2) is 50.8 Å². The van der Waals surface area contributed by atoms with E-state index in [0.29, 0.717) is 25.2 Å². The molecular formula is C23H34F2IN7. The predicted octanol–water partition coefficient (Wildman–Crippen LogP) is 3.66. The molecule has 2 aliphatic rings. The average Bonchev–Trinajstić information content (AvgIpc) is 3.41. The minimum Gasteiger partial charge on any atom is -0.354 e. The standard InChI is InChI=1S/C23H33F2N7.HI/c1-16-29-30-22(31(16)2)14-26-23(27-18-5-3-4-6-18)28-19-9-11-32(12-10-19)15-17-7-8-20(24)21(25)13-17;/h7-8,13,18-19H,3-6,9-12,14-15H2,1-2H3,(H2,26,27,28);1H. The molecular weight excluding hydrogens is 539 g/mol. The molecule has 1 aliphatic heterocycles. The fourth-order valence-electron chi connectivity index (χ4n) is 4.46. The highest BCUT2D eigenvalue weighted by Gasteiger charge is 2.22. The molecule has 1 aliphatic carbocycles. The van der Waals surface area contributed by atoms with Gasteiger partial charge < -0.3 is 15.2 Å². The molecule has 1 aromatic heterocycles. The minimum absolute atomic E-state index is 0. The number of aromatic nitrogens is 3. The van der Waals surface area contributed by atoms with Crippen LogP contribution in [0.3, 0.4) is 0 Å². The molecule has 0 amide bonds. The fraction of sp³-hybridized carbons (Fsp3) is 0.609. The van der Waals surface area contributed by atoms with Crippen LogP contribution in [0.25, 0.3) is 0 Å². The summed E-state index contributed by atoms with van der Waals surface area (Å²) in [5.41, 5.74) is 0.805. The van der Waals surface area contributed by atoms with Crippen molar-refractivity contribution in [2.75, 3.05) is 13.1 Å². The van der Waals surface area contributed by atoms with E-state index in [2.05, 4.69) is 25.7 Å². The van der Waals surface area contributed by atoms with Gasteiger partial charge in [0.1, 0.15) is 12.4 Å². The third-order valence-electron chi connectivity index (χ3n) is 6.58. The quantitative estimate of drug-likeness (QED) is 0.314. The first-order valence-electron chi connectivity index (χ1n) is 11.6. The van der Waals surface area contributed by atoms with Gasteiger partial charge in [0.2, 0.25) is 0 Å². The number of aryl methyl sites for hydroxylation is 1. The number of piperidine rings is 1. The molecule has 0 spiro atoms. The lowest BCUT2D eigenvalue weighted by Gasteiger charge is -2.33. The van der Waals surface area contributed by atoms with Crippen LogP contribution in [0.15, 0.2) is 23.2 Å². The Balaban J connectivity index is 0.00000306. The average molecular weight is 573 g/mol. The highest BCUT2D eigenvalue weighted by Crippen LogP contribution is 2.19. The molecule has 0 unspecified atom stereocenters. The Hall–Kier alpha value is -1.82. The third kappa shape index (κ3) is 7.08. The number of hydrogen-bond acceptors (Lipinski definition) is 4. The molecule has 0 bridgehead atoms. The summed E-state index contributed by atoms with van der Waals surface area (Å²) in [6.45, 7) is 4.85. The van der Waals surface area contributed by atoms with Gasteiger partial charge in [-0.3, -0.25) is 4.90 Å². The lowest BCUT2D eigenvalue weighted by Crippen LogP contribution is -2.50. The fourth-order valence-corrected chi connectivity index (χ4v) is 4.46. The van der Waals surface area contributed by atoms with Gasteiger partial charge in [-0.15, -0.1) is 34.2 Å². The Morgan fingerprint density at radius 1 is 1.03 bits per heavy atom. The first-order chi connectivity index (χ1) is 15.5. The number of benzene rings is 1. The van der Waals surface area contributed by atoms with Crippen molar-refractivity contribution in [2.24, 2.45) is 12.0 Å². The zero-order valence-electron chi connectivity index (χ0n) is 19.4. The van der Waals surface area contributed by atoms with Crippen LogP contribution in [0.1, 0.15) is 55.7 Å². The summed E-state index contributed by atoms with van der Waals surface area (Å²) in [4.78, 5) is 7.10. The maximum Gasteiger partial charge on any atom is 0.192 e. The van der Waals surface area contributed by atoms with E-state index in [0.717, 1.165) is 49.1 Å². The van der Waals surface area contributed by atoms with E-state index in [-0.39, 0.29) is 24.0 Å². The summed E-state index contributed by atoms with van der Waals surface area (Å²) in [7, 11) is 1.96. The Kier molecular flexibility index (Phi) is 9.42. The Labute approximate surface area is 211 Å². The largest absolute Gasteiger partial charge is 0.354 e. The Morgan fingerprint density at radius 3 is 2.30 bits per heavy atom. The number of hydrogen-bond donors (Lipinski definition) is 2. The maximum absolute atomic E-state index is 13.5. The third-order valence-corrected chi connectivity index (χ3v) is 6.58. The number of nitrogens with one attached hydrogen (secondary N) is 2. The molecule has 10 heteroatoms. The molecule has 0 atom stereocenters. The van der Waals surface area contributed by atoms with E-state index < -0.39 is 11.6 Å². The summed E-state index contributed by atoms with van der Waals surface area (Å²) in [6.07, 6.45) is 6.81. The lowest BCUT2D eigenvalue weighted by atomic mass is 10.0. The lowest BCUT2D eigenvalue weighted by molar-refractivity contribution is 0.198. The van der Waals surface area contributed by atoms with E-state index in [4.69, 9.17) is 4.99 Å². The second kappa shape index (κ2) is 12.0. The van der Waals surface area contributed by atoms with Crippen LogP contribution in [0.2, 0.25) is 0 Å². The zero-order valence-corrected chi connectivity index (χ0v) is 21.7. The van der Waals surface area contributed by atoms with Crippen molar-refractivity contribution in [2.45, 2.75) is 70.6 Å². The first-order valence-corrected chi connectivity index (χ1v) is 11.6. The van der Waals surface area contributed by atoms with E-state index >= 15 is 0 Å². The number of aliphatic imine (C=N–C) groups is 1. The van der Waals surface area contributed by atoms with Gasteiger partial charge in [-0.1, -0.05) is 18.9 Å². The molecule has 2 heterocycles. The molecule has 7 nitrogen and oxygen atoms in total. The maximum atomic E-state index is 13.5. The number of guanidine groups is 1. The smallest absolute Gasteiger partial charge is 0.192 e. The minimum atomic E-state index is -0.797. The number of rotatable bonds is 6. The molecule has 0 radical (unpaired) electrons. The SMILES string of the molecule is Cc1nnc(CN=C(NC2CCCC2)NC2CCN(Cc3ccc(F)c(F)c3)CC2)n1C.I. The van der Waals surface area contributed by atoms with Gasteiger partial charge in [-0.25, -0.2) is 13.8 Å². The molecule has 1 saturated carbocycles. The summed E-state index contributed by atoms with van der Waals surface area (Å²) in [6, 6.07) is 4.95. The summed E-state index contributed by atoms with van der Waals surface area (Å²) < 4.78 is 28.6. The van der Waals surface area contributed by atoms with Crippen molar-refractivity contribution < 1.29 is 8.78 Å².